The zero-order valence-electron chi connectivity index (χ0n) is 15.6. The number of halogens is 1. The Bertz CT molecular complexity index is 1340. The van der Waals surface area contributed by atoms with E-state index in [1.807, 2.05) is 0 Å². The van der Waals surface area contributed by atoms with E-state index in [4.69, 9.17) is 14.6 Å². The molecule has 0 atom stereocenters. The number of benzene rings is 2. The number of ether oxygens (including phenoxy) is 2. The highest BCUT2D eigenvalue weighted by molar-refractivity contribution is 9.10. The Balaban J connectivity index is 2.14. The number of nitrogens with zero attached hydrogens (tertiary/aromatic N) is 1. The predicted molar refractivity (Wildman–Crippen MR) is 113 cm³/mol. The third kappa shape index (κ3) is 4.14. The van der Waals surface area contributed by atoms with Crippen molar-refractivity contribution < 1.29 is 17.9 Å². The van der Waals surface area contributed by atoms with E-state index in [2.05, 4.69) is 27.6 Å². The molecule has 0 spiro atoms. The molecular formula is C19H18BrN3O5S. The van der Waals surface area contributed by atoms with Gasteiger partial charge in [0.2, 0.25) is 10.0 Å². The van der Waals surface area contributed by atoms with Gasteiger partial charge in [-0.2, -0.15) is 0 Å². The van der Waals surface area contributed by atoms with E-state index in [0.29, 0.717) is 37.8 Å². The summed E-state index contributed by atoms with van der Waals surface area (Å²) in [6.45, 7) is 3.89. The Morgan fingerprint density at radius 2 is 1.72 bits per heavy atom. The fraction of sp³-hybridized carbons (Fsp3) is 0.105. The van der Waals surface area contributed by atoms with Gasteiger partial charge in [-0.15, -0.1) is 0 Å². The van der Waals surface area contributed by atoms with E-state index in [1.54, 1.807) is 18.2 Å². The molecule has 0 amide bonds. The molecule has 3 rings (SSSR count). The number of hydrogen-bond donors (Lipinski definition) is 2. The van der Waals surface area contributed by atoms with Crippen molar-refractivity contribution >= 4 is 38.6 Å². The number of aromatic nitrogens is 2. The molecule has 10 heteroatoms. The van der Waals surface area contributed by atoms with Gasteiger partial charge in [0.25, 0.3) is 5.56 Å². The van der Waals surface area contributed by atoms with Crippen LogP contribution in [0, 0.1) is 0 Å². The molecule has 0 fully saturated rings. The van der Waals surface area contributed by atoms with Crippen molar-refractivity contribution in [2.24, 2.45) is 5.14 Å². The molecule has 0 aliphatic heterocycles. The number of primary sulfonamides is 1. The third-order valence-electron chi connectivity index (χ3n) is 4.23. The summed E-state index contributed by atoms with van der Waals surface area (Å²) in [5, 5.41) is 8.73. The van der Waals surface area contributed by atoms with Crippen LogP contribution in [0.25, 0.3) is 18.3 Å². The number of nitrogens with two attached hydrogens (primary N) is 1. The van der Waals surface area contributed by atoms with Crippen LogP contribution in [0.2, 0.25) is 0 Å². The smallest absolute Gasteiger partial charge is 0.279 e. The summed E-state index contributed by atoms with van der Waals surface area (Å²) < 4.78 is 35.4. The van der Waals surface area contributed by atoms with Crippen LogP contribution >= 0.6 is 15.9 Å². The number of aromatic amines is 1. The first kappa shape index (κ1) is 20.9. The summed E-state index contributed by atoms with van der Waals surface area (Å²) in [6, 6.07) is 9.09. The Morgan fingerprint density at radius 3 is 2.28 bits per heavy atom. The monoisotopic (exact) mass is 479 g/mol. The molecule has 29 heavy (non-hydrogen) atoms. The maximum absolute atomic E-state index is 12.9. The van der Waals surface area contributed by atoms with Gasteiger partial charge in [0.1, 0.15) is 0 Å². The van der Waals surface area contributed by atoms with Crippen LogP contribution in [-0.2, 0) is 10.0 Å². The summed E-state index contributed by atoms with van der Waals surface area (Å²) >= 11 is 3.46. The molecule has 3 N–H and O–H groups in total. The largest absolute Gasteiger partial charge is 0.493 e. The summed E-state index contributed by atoms with van der Waals surface area (Å²) in [4.78, 5) is 12.9. The highest BCUT2D eigenvalue weighted by atomic mass is 79.9. The van der Waals surface area contributed by atoms with E-state index in [0.717, 1.165) is 0 Å². The molecule has 1 aromatic heterocycles. The highest BCUT2D eigenvalue weighted by Gasteiger charge is 2.11. The van der Waals surface area contributed by atoms with Crippen LogP contribution in [0.5, 0.6) is 11.5 Å². The molecule has 0 saturated heterocycles. The molecule has 0 unspecified atom stereocenters. The van der Waals surface area contributed by atoms with Crippen LogP contribution in [0.3, 0.4) is 0 Å². The number of H-pyrrole nitrogens is 1. The molecule has 0 bridgehead atoms. The molecule has 0 radical (unpaired) electrons. The molecule has 2 aromatic carbocycles. The van der Waals surface area contributed by atoms with E-state index in [1.165, 1.54) is 43.2 Å². The number of hydrogen-bond acceptors (Lipinski definition) is 5. The summed E-state index contributed by atoms with van der Waals surface area (Å²) in [7, 11) is -0.756. The van der Waals surface area contributed by atoms with E-state index in [9.17, 15) is 13.2 Å². The first-order valence-electron chi connectivity index (χ1n) is 8.22. The van der Waals surface area contributed by atoms with Gasteiger partial charge in [0.15, 0.2) is 11.5 Å². The molecule has 1 heterocycles. The number of nitrogens with one attached hydrogen (secondary N) is 1. The lowest BCUT2D eigenvalue weighted by Crippen LogP contribution is -2.34. The number of rotatable bonds is 5. The molecule has 152 valence electrons. The van der Waals surface area contributed by atoms with Crippen molar-refractivity contribution in [3.05, 3.63) is 67.4 Å². The van der Waals surface area contributed by atoms with Crippen LogP contribution in [0.15, 0.2) is 50.6 Å². The zero-order chi connectivity index (χ0) is 21.3. The molecule has 0 aliphatic carbocycles. The van der Waals surface area contributed by atoms with Crippen molar-refractivity contribution in [1.29, 1.82) is 0 Å². The lowest BCUT2D eigenvalue weighted by atomic mass is 10.1. The first-order chi connectivity index (χ1) is 13.7. The summed E-state index contributed by atoms with van der Waals surface area (Å²) in [6.07, 6.45) is 1.67. The van der Waals surface area contributed by atoms with Gasteiger partial charge in [-0.1, -0.05) is 22.5 Å². The van der Waals surface area contributed by atoms with Gasteiger partial charge >= 0.3 is 0 Å². The second-order valence-corrected chi connectivity index (χ2v) is 8.47. The molecule has 8 nitrogen and oxygen atoms in total. The van der Waals surface area contributed by atoms with Gasteiger partial charge in [-0.05, 0) is 48.0 Å². The Labute approximate surface area is 175 Å². The Hall–Kier alpha value is -2.82. The normalized spacial score (nSPS) is 12.2. The minimum absolute atomic E-state index is 0.0447. The van der Waals surface area contributed by atoms with Gasteiger partial charge < -0.3 is 9.47 Å². The third-order valence-corrected chi connectivity index (χ3v) is 5.85. The number of sulfonamides is 1. The van der Waals surface area contributed by atoms with Gasteiger partial charge in [-0.3, -0.25) is 9.89 Å². The maximum atomic E-state index is 12.9. The molecule has 0 aliphatic rings. The van der Waals surface area contributed by atoms with Crippen LogP contribution in [0.4, 0.5) is 0 Å². The second-order valence-electron chi connectivity index (χ2n) is 6.06. The number of methoxy groups -OCH3 is 2. The minimum atomic E-state index is -3.82. The second kappa shape index (κ2) is 7.90. The van der Waals surface area contributed by atoms with Crippen LogP contribution < -0.4 is 30.7 Å². The van der Waals surface area contributed by atoms with E-state index >= 15 is 0 Å². The lowest BCUT2D eigenvalue weighted by molar-refractivity contribution is 0.354. The predicted octanol–water partition coefficient (Wildman–Crippen LogP) is 0.832. The van der Waals surface area contributed by atoms with E-state index in [-0.39, 0.29) is 10.5 Å². The van der Waals surface area contributed by atoms with Crippen LogP contribution in [0.1, 0.15) is 5.56 Å². The SMILES string of the molecule is C=c1[nH]n(-c2ccc(S(N)(=O)=O)cc2)c(=O)/c1=C/c1cc(OC)c(OC)cc1Br. The average Bonchev–Trinajstić information content (AvgIpc) is 2.96. The summed E-state index contributed by atoms with van der Waals surface area (Å²) in [5.41, 5.74) is 0.791. The quantitative estimate of drug-likeness (QED) is 0.562. The maximum Gasteiger partial charge on any atom is 0.279 e. The molecular weight excluding hydrogens is 462 g/mol. The van der Waals surface area contributed by atoms with Crippen molar-refractivity contribution in [1.82, 2.24) is 9.78 Å². The Kier molecular flexibility index (Phi) is 5.69. The van der Waals surface area contributed by atoms with Gasteiger partial charge in [0.05, 0.1) is 35.4 Å². The molecule has 3 aromatic rings. The van der Waals surface area contributed by atoms with Crippen molar-refractivity contribution in [2.45, 2.75) is 4.90 Å². The van der Waals surface area contributed by atoms with Gasteiger partial charge in [0, 0.05) is 4.47 Å². The van der Waals surface area contributed by atoms with Gasteiger partial charge in [-0.25, -0.2) is 18.2 Å². The summed E-state index contributed by atoms with van der Waals surface area (Å²) in [5.74, 6) is 1.06. The minimum Gasteiger partial charge on any atom is -0.493 e. The van der Waals surface area contributed by atoms with Crippen molar-refractivity contribution in [2.75, 3.05) is 14.2 Å². The first-order valence-corrected chi connectivity index (χ1v) is 10.6. The average molecular weight is 480 g/mol. The van der Waals surface area contributed by atoms with Crippen molar-refractivity contribution in [3.63, 3.8) is 0 Å². The fourth-order valence-electron chi connectivity index (χ4n) is 2.75. The topological polar surface area (TPSA) is 116 Å². The Morgan fingerprint density at radius 1 is 1.14 bits per heavy atom. The highest BCUT2D eigenvalue weighted by Crippen LogP contribution is 2.33. The zero-order valence-corrected chi connectivity index (χ0v) is 18.0. The van der Waals surface area contributed by atoms with Crippen molar-refractivity contribution in [3.8, 4) is 17.2 Å². The fourth-order valence-corrected chi connectivity index (χ4v) is 3.70. The van der Waals surface area contributed by atoms with Crippen LogP contribution in [-0.4, -0.2) is 32.4 Å². The lowest BCUT2D eigenvalue weighted by Gasteiger charge is -2.09. The standard InChI is InChI=1S/C19H18BrN3O5S/c1-11-15(8-12-9-17(27-2)18(28-3)10-16(12)20)19(24)23(22-11)13-4-6-14(7-5-13)29(21,25)26/h4-10,22H,1H2,2-3H3,(H2,21,25,26)/b15-8+. The van der Waals surface area contributed by atoms with E-state index < -0.39 is 10.0 Å². The molecule has 0 saturated carbocycles.